The van der Waals surface area contributed by atoms with Gasteiger partial charge in [-0.3, -0.25) is 4.98 Å². The Hall–Kier alpha value is -3.87. The van der Waals surface area contributed by atoms with Crippen LogP contribution in [0.15, 0.2) is 79.8 Å². The first-order chi connectivity index (χ1) is 16.7. The number of nitrogens with zero attached hydrogens (tertiary/aromatic N) is 4. The predicted octanol–water partition coefficient (Wildman–Crippen LogP) is 5.83. The highest BCUT2D eigenvalue weighted by Crippen LogP contribution is 2.28. The van der Waals surface area contributed by atoms with Gasteiger partial charge in [0.1, 0.15) is 12.7 Å². The SMILES string of the molecule is Fc1ccc(CC(CCCc2c[nH]c3ccc(Cn4cncn4)cc23)c2ccncc2)cc1F. The summed E-state index contributed by atoms with van der Waals surface area (Å²) < 4.78 is 29.0. The van der Waals surface area contributed by atoms with Gasteiger partial charge in [0.25, 0.3) is 0 Å². The summed E-state index contributed by atoms with van der Waals surface area (Å²) in [7, 11) is 0. The zero-order valence-corrected chi connectivity index (χ0v) is 18.7. The van der Waals surface area contributed by atoms with Gasteiger partial charge in [0.2, 0.25) is 0 Å². The molecule has 3 heterocycles. The second kappa shape index (κ2) is 9.95. The van der Waals surface area contributed by atoms with Crippen LogP contribution in [0.3, 0.4) is 0 Å². The smallest absolute Gasteiger partial charge is 0.159 e. The molecule has 0 amide bonds. The first-order valence-electron chi connectivity index (χ1n) is 11.4. The minimum absolute atomic E-state index is 0.195. The predicted molar refractivity (Wildman–Crippen MR) is 127 cm³/mol. The Labute approximate surface area is 196 Å². The number of H-pyrrole nitrogens is 1. The molecule has 7 heteroatoms. The van der Waals surface area contributed by atoms with Crippen molar-refractivity contribution in [2.75, 3.05) is 0 Å². The van der Waals surface area contributed by atoms with Crippen molar-refractivity contribution in [3.63, 3.8) is 0 Å². The van der Waals surface area contributed by atoms with Crippen molar-refractivity contribution in [3.8, 4) is 0 Å². The van der Waals surface area contributed by atoms with E-state index in [0.29, 0.717) is 13.0 Å². The molecule has 0 bridgehead atoms. The van der Waals surface area contributed by atoms with Gasteiger partial charge in [-0.2, -0.15) is 5.10 Å². The number of pyridine rings is 1. The van der Waals surface area contributed by atoms with Crippen LogP contribution >= 0.6 is 0 Å². The van der Waals surface area contributed by atoms with Gasteiger partial charge in [0, 0.05) is 29.5 Å². The van der Waals surface area contributed by atoms with Gasteiger partial charge >= 0.3 is 0 Å². The zero-order valence-electron chi connectivity index (χ0n) is 18.7. The largest absolute Gasteiger partial charge is 0.361 e. The second-order valence-corrected chi connectivity index (χ2v) is 8.61. The van der Waals surface area contributed by atoms with Crippen molar-refractivity contribution in [1.82, 2.24) is 24.7 Å². The number of aryl methyl sites for hydroxylation is 1. The molecule has 0 fully saturated rings. The van der Waals surface area contributed by atoms with Crippen molar-refractivity contribution >= 4 is 10.9 Å². The molecule has 0 saturated heterocycles. The first-order valence-corrected chi connectivity index (χ1v) is 11.4. The molecule has 1 N–H and O–H groups in total. The highest BCUT2D eigenvalue weighted by atomic mass is 19.2. The Bertz CT molecular complexity index is 1360. The quantitative estimate of drug-likeness (QED) is 0.303. The normalized spacial score (nSPS) is 12.3. The lowest BCUT2D eigenvalue weighted by atomic mass is 9.87. The maximum Gasteiger partial charge on any atom is 0.159 e. The van der Waals surface area contributed by atoms with E-state index in [9.17, 15) is 8.78 Å². The molecule has 34 heavy (non-hydrogen) atoms. The van der Waals surface area contributed by atoms with Crippen LogP contribution in [-0.2, 0) is 19.4 Å². The molecule has 0 aliphatic heterocycles. The standard InChI is InChI=1S/C27H25F2N5/c28-25-6-4-19(14-26(25)29)12-22(21-8-10-30-11-9-21)2-1-3-23-15-32-27-7-5-20(13-24(23)27)16-34-18-31-17-33-34/h4-11,13-15,17-18,22,32H,1-3,12,16H2. The van der Waals surface area contributed by atoms with E-state index in [-0.39, 0.29) is 5.92 Å². The fourth-order valence-corrected chi connectivity index (χ4v) is 4.54. The number of benzene rings is 2. The van der Waals surface area contributed by atoms with Crippen molar-refractivity contribution < 1.29 is 8.78 Å². The van der Waals surface area contributed by atoms with E-state index in [0.717, 1.165) is 35.9 Å². The van der Waals surface area contributed by atoms with Crippen molar-refractivity contribution in [2.24, 2.45) is 0 Å². The summed E-state index contributed by atoms with van der Waals surface area (Å²) in [5.41, 5.74) is 5.52. The van der Waals surface area contributed by atoms with Crippen molar-refractivity contribution in [3.05, 3.63) is 114 Å². The van der Waals surface area contributed by atoms with Crippen LogP contribution in [0.25, 0.3) is 10.9 Å². The van der Waals surface area contributed by atoms with E-state index in [4.69, 9.17) is 0 Å². The molecule has 0 spiro atoms. The van der Waals surface area contributed by atoms with Crippen molar-refractivity contribution in [2.45, 2.75) is 38.1 Å². The number of halogens is 2. The van der Waals surface area contributed by atoms with Gasteiger partial charge in [-0.1, -0.05) is 12.1 Å². The van der Waals surface area contributed by atoms with Crippen LogP contribution in [0.4, 0.5) is 8.78 Å². The van der Waals surface area contributed by atoms with Crippen LogP contribution in [-0.4, -0.2) is 24.7 Å². The van der Waals surface area contributed by atoms with Crippen LogP contribution in [0, 0.1) is 11.6 Å². The summed E-state index contributed by atoms with van der Waals surface area (Å²) in [4.78, 5) is 11.5. The first kappa shape index (κ1) is 21.9. The highest BCUT2D eigenvalue weighted by molar-refractivity contribution is 5.83. The number of aromatic nitrogens is 5. The number of rotatable bonds is 9. The molecule has 5 rings (SSSR count). The molecule has 2 aromatic carbocycles. The molecule has 0 radical (unpaired) electrons. The van der Waals surface area contributed by atoms with E-state index in [2.05, 4.69) is 44.4 Å². The molecule has 5 nitrogen and oxygen atoms in total. The fourth-order valence-electron chi connectivity index (χ4n) is 4.54. The van der Waals surface area contributed by atoms with Gasteiger partial charge in [0.15, 0.2) is 11.6 Å². The van der Waals surface area contributed by atoms with E-state index in [1.54, 1.807) is 31.1 Å². The minimum atomic E-state index is -0.813. The fraction of sp³-hybridized carbons (Fsp3) is 0.222. The third kappa shape index (κ3) is 5.03. The maximum atomic E-state index is 13.8. The minimum Gasteiger partial charge on any atom is -0.361 e. The second-order valence-electron chi connectivity index (χ2n) is 8.61. The van der Waals surface area contributed by atoms with Crippen molar-refractivity contribution in [1.29, 1.82) is 0 Å². The molecule has 0 aliphatic rings. The zero-order chi connectivity index (χ0) is 23.3. The van der Waals surface area contributed by atoms with Crippen LogP contribution in [0.5, 0.6) is 0 Å². The van der Waals surface area contributed by atoms with E-state index < -0.39 is 11.6 Å². The average molecular weight is 458 g/mol. The molecule has 0 aliphatic carbocycles. The molecular formula is C27H25F2N5. The number of nitrogens with one attached hydrogen (secondary N) is 1. The van der Waals surface area contributed by atoms with Gasteiger partial charge in [-0.15, -0.1) is 0 Å². The number of hydrogen-bond acceptors (Lipinski definition) is 3. The topological polar surface area (TPSA) is 59.4 Å². The Kier molecular flexibility index (Phi) is 6.42. The summed E-state index contributed by atoms with van der Waals surface area (Å²) >= 11 is 0. The number of hydrogen-bond donors (Lipinski definition) is 1. The Morgan fingerprint density at radius 2 is 1.76 bits per heavy atom. The molecule has 172 valence electrons. The van der Waals surface area contributed by atoms with E-state index in [1.807, 2.05) is 16.8 Å². The molecule has 0 saturated carbocycles. The monoisotopic (exact) mass is 457 g/mol. The highest BCUT2D eigenvalue weighted by Gasteiger charge is 2.15. The summed E-state index contributed by atoms with van der Waals surface area (Å²) in [6, 6.07) is 14.6. The molecule has 1 unspecified atom stereocenters. The summed E-state index contributed by atoms with van der Waals surface area (Å²) in [5.74, 6) is -1.42. The van der Waals surface area contributed by atoms with Crippen LogP contribution < -0.4 is 0 Å². The number of aromatic amines is 1. The van der Waals surface area contributed by atoms with E-state index in [1.165, 1.54) is 28.6 Å². The molecule has 5 aromatic rings. The van der Waals surface area contributed by atoms with Crippen LogP contribution in [0.1, 0.15) is 41.0 Å². The third-order valence-electron chi connectivity index (χ3n) is 6.29. The summed E-state index contributed by atoms with van der Waals surface area (Å²) in [6.45, 7) is 0.679. The maximum absolute atomic E-state index is 13.8. The Morgan fingerprint density at radius 1 is 0.912 bits per heavy atom. The Morgan fingerprint density at radius 3 is 2.56 bits per heavy atom. The van der Waals surface area contributed by atoms with Gasteiger partial charge < -0.3 is 4.98 Å². The lowest BCUT2D eigenvalue weighted by molar-refractivity contribution is 0.505. The Balaban J connectivity index is 1.30. The summed E-state index contributed by atoms with van der Waals surface area (Å²) in [6.07, 6.45) is 12.4. The van der Waals surface area contributed by atoms with Crippen LogP contribution in [0.2, 0.25) is 0 Å². The third-order valence-corrected chi connectivity index (χ3v) is 6.29. The van der Waals surface area contributed by atoms with Gasteiger partial charge in [0.05, 0.1) is 6.54 Å². The molecule has 1 atom stereocenters. The summed E-state index contributed by atoms with van der Waals surface area (Å²) in [5, 5.41) is 5.41. The van der Waals surface area contributed by atoms with E-state index >= 15 is 0 Å². The average Bonchev–Trinajstić information content (AvgIpc) is 3.51. The lowest BCUT2D eigenvalue weighted by Crippen LogP contribution is -2.05. The van der Waals surface area contributed by atoms with Gasteiger partial charge in [-0.05, 0) is 90.3 Å². The molecule has 3 aromatic heterocycles. The molecular weight excluding hydrogens is 432 g/mol. The lowest BCUT2D eigenvalue weighted by Gasteiger charge is -2.18. The number of fused-ring (bicyclic) bond motifs is 1. The van der Waals surface area contributed by atoms with Gasteiger partial charge in [-0.25, -0.2) is 18.4 Å².